The minimum absolute atomic E-state index is 0.0126. The summed E-state index contributed by atoms with van der Waals surface area (Å²) in [6, 6.07) is 10.8. The first kappa shape index (κ1) is 13.1. The first-order valence-corrected chi connectivity index (χ1v) is 6.93. The Morgan fingerprint density at radius 2 is 2.00 bits per heavy atom. The maximum atomic E-state index is 11.9. The molecule has 2 nitrogen and oxygen atoms in total. The van der Waals surface area contributed by atoms with E-state index < -0.39 is 0 Å². The van der Waals surface area contributed by atoms with E-state index in [0.717, 1.165) is 12.8 Å². The minimum Gasteiger partial charge on any atom is -0.352 e. The predicted octanol–water partition coefficient (Wildman–Crippen LogP) is 3.27. The Hall–Kier alpha value is -1.31. The third-order valence-corrected chi connectivity index (χ3v) is 4.01. The summed E-state index contributed by atoms with van der Waals surface area (Å²) in [7, 11) is 0. The third kappa shape index (κ3) is 2.29. The van der Waals surface area contributed by atoms with Crippen LogP contribution in [0.15, 0.2) is 30.3 Å². The predicted molar refractivity (Wildman–Crippen MR) is 74.4 cm³/mol. The molecule has 1 amide bonds. The fourth-order valence-electron chi connectivity index (χ4n) is 3.42. The highest BCUT2D eigenvalue weighted by molar-refractivity contribution is 5.81. The molecule has 98 valence electrons. The zero-order valence-corrected chi connectivity index (χ0v) is 11.6. The van der Waals surface area contributed by atoms with Crippen molar-refractivity contribution in [2.24, 2.45) is 5.92 Å². The van der Waals surface area contributed by atoms with Crippen LogP contribution < -0.4 is 5.32 Å². The fourth-order valence-corrected chi connectivity index (χ4v) is 3.42. The highest BCUT2D eigenvalue weighted by Gasteiger charge is 2.47. The van der Waals surface area contributed by atoms with Gasteiger partial charge in [-0.05, 0) is 24.3 Å². The van der Waals surface area contributed by atoms with Crippen molar-refractivity contribution < 1.29 is 4.79 Å². The molecule has 1 aromatic carbocycles. The Kier molecular flexibility index (Phi) is 3.74. The van der Waals surface area contributed by atoms with Crippen LogP contribution in [0.25, 0.3) is 0 Å². The summed E-state index contributed by atoms with van der Waals surface area (Å²) in [5, 5.41) is 3.16. The molecule has 1 N–H and O–H groups in total. The molecule has 1 saturated heterocycles. The van der Waals surface area contributed by atoms with Gasteiger partial charge in [0, 0.05) is 17.9 Å². The van der Waals surface area contributed by atoms with Gasteiger partial charge in [-0.25, -0.2) is 0 Å². The van der Waals surface area contributed by atoms with Crippen molar-refractivity contribution in [2.45, 2.75) is 51.5 Å². The van der Waals surface area contributed by atoms with E-state index in [1.165, 1.54) is 5.56 Å². The molecule has 1 aliphatic heterocycles. The molecule has 2 rings (SSSR count). The molecule has 1 heterocycles. The van der Waals surface area contributed by atoms with Crippen molar-refractivity contribution in [1.29, 1.82) is 0 Å². The van der Waals surface area contributed by atoms with Gasteiger partial charge in [-0.15, -0.1) is 0 Å². The molecule has 2 unspecified atom stereocenters. The van der Waals surface area contributed by atoms with Crippen molar-refractivity contribution in [3.63, 3.8) is 0 Å². The van der Waals surface area contributed by atoms with Gasteiger partial charge in [0.1, 0.15) is 0 Å². The molecule has 0 radical (unpaired) electrons. The van der Waals surface area contributed by atoms with Gasteiger partial charge in [0.2, 0.25) is 5.91 Å². The quantitative estimate of drug-likeness (QED) is 0.866. The van der Waals surface area contributed by atoms with Crippen LogP contribution in [0.2, 0.25) is 0 Å². The second-order valence-corrected chi connectivity index (χ2v) is 5.83. The van der Waals surface area contributed by atoms with Crippen molar-refractivity contribution in [1.82, 2.24) is 5.32 Å². The smallest absolute Gasteiger partial charge is 0.221 e. The molecule has 0 aromatic heterocycles. The van der Waals surface area contributed by atoms with E-state index in [4.69, 9.17) is 0 Å². The fraction of sp³-hybridized carbons (Fsp3) is 0.562. The average molecular weight is 245 g/mol. The van der Waals surface area contributed by atoms with Gasteiger partial charge < -0.3 is 5.32 Å². The first-order valence-electron chi connectivity index (χ1n) is 6.93. The molecule has 0 aliphatic carbocycles. The van der Waals surface area contributed by atoms with Crippen LogP contribution in [0.1, 0.15) is 45.6 Å². The zero-order valence-electron chi connectivity index (χ0n) is 11.6. The van der Waals surface area contributed by atoms with Crippen LogP contribution in [0.3, 0.4) is 0 Å². The average Bonchev–Trinajstić information content (AvgIpc) is 2.67. The van der Waals surface area contributed by atoms with Gasteiger partial charge in [-0.3, -0.25) is 4.79 Å². The number of carbonyl (C=O) groups is 1. The number of benzene rings is 1. The maximum Gasteiger partial charge on any atom is 0.221 e. The van der Waals surface area contributed by atoms with Crippen LogP contribution in [0.4, 0.5) is 0 Å². The number of rotatable bonds is 4. The van der Waals surface area contributed by atoms with Crippen LogP contribution in [0.5, 0.6) is 0 Å². The molecular formula is C16H23NO. The molecule has 0 saturated carbocycles. The standard InChI is InChI=1S/C16H23NO/c1-4-14-16(10-12(2)3,11-15(18)17-14)13-8-6-5-7-9-13/h5-9,12,14H,4,10-11H2,1-3H3,(H,17,18). The molecule has 0 spiro atoms. The minimum atomic E-state index is -0.0126. The summed E-state index contributed by atoms with van der Waals surface area (Å²) in [5.74, 6) is 0.790. The topological polar surface area (TPSA) is 29.1 Å². The largest absolute Gasteiger partial charge is 0.352 e. The number of nitrogens with one attached hydrogen (secondary N) is 1. The second kappa shape index (κ2) is 5.13. The van der Waals surface area contributed by atoms with Gasteiger partial charge >= 0.3 is 0 Å². The van der Waals surface area contributed by atoms with E-state index in [1.807, 2.05) is 6.07 Å². The highest BCUT2D eigenvalue weighted by atomic mass is 16.2. The molecule has 0 bridgehead atoms. The second-order valence-electron chi connectivity index (χ2n) is 5.83. The molecular weight excluding hydrogens is 222 g/mol. The van der Waals surface area contributed by atoms with E-state index in [9.17, 15) is 4.79 Å². The summed E-state index contributed by atoms with van der Waals surface area (Å²) in [6.07, 6.45) is 2.69. The van der Waals surface area contributed by atoms with Gasteiger partial charge in [0.05, 0.1) is 0 Å². The Morgan fingerprint density at radius 1 is 1.33 bits per heavy atom. The lowest BCUT2D eigenvalue weighted by Crippen LogP contribution is -2.41. The van der Waals surface area contributed by atoms with Crippen LogP contribution in [0, 0.1) is 5.92 Å². The summed E-state index contributed by atoms with van der Waals surface area (Å²) < 4.78 is 0. The number of amides is 1. The van der Waals surface area contributed by atoms with E-state index in [1.54, 1.807) is 0 Å². The summed E-state index contributed by atoms with van der Waals surface area (Å²) in [5.41, 5.74) is 1.30. The van der Waals surface area contributed by atoms with E-state index in [0.29, 0.717) is 12.3 Å². The maximum absolute atomic E-state index is 11.9. The lowest BCUT2D eigenvalue weighted by Gasteiger charge is -2.36. The Morgan fingerprint density at radius 3 is 2.56 bits per heavy atom. The normalized spacial score (nSPS) is 27.6. The number of carbonyl (C=O) groups excluding carboxylic acids is 1. The van der Waals surface area contributed by atoms with Crippen LogP contribution in [-0.2, 0) is 10.2 Å². The molecule has 18 heavy (non-hydrogen) atoms. The lowest BCUT2D eigenvalue weighted by molar-refractivity contribution is -0.119. The van der Waals surface area contributed by atoms with Crippen LogP contribution in [-0.4, -0.2) is 11.9 Å². The SMILES string of the molecule is CCC1NC(=O)CC1(CC(C)C)c1ccccc1. The summed E-state index contributed by atoms with van der Waals surface area (Å²) in [4.78, 5) is 11.9. The Labute approximate surface area is 110 Å². The van der Waals surface area contributed by atoms with E-state index >= 15 is 0 Å². The van der Waals surface area contributed by atoms with Crippen molar-refractivity contribution in [2.75, 3.05) is 0 Å². The van der Waals surface area contributed by atoms with Gasteiger partial charge in [-0.2, -0.15) is 0 Å². The Balaban J connectivity index is 2.43. The zero-order chi connectivity index (χ0) is 13.2. The third-order valence-electron chi connectivity index (χ3n) is 4.01. The first-order chi connectivity index (χ1) is 8.58. The number of hydrogen-bond donors (Lipinski definition) is 1. The monoisotopic (exact) mass is 245 g/mol. The molecule has 1 fully saturated rings. The molecule has 1 aliphatic rings. The summed E-state index contributed by atoms with van der Waals surface area (Å²) >= 11 is 0. The molecule has 2 atom stereocenters. The van der Waals surface area contributed by atoms with Crippen molar-refractivity contribution in [3.05, 3.63) is 35.9 Å². The van der Waals surface area contributed by atoms with E-state index in [-0.39, 0.29) is 17.4 Å². The van der Waals surface area contributed by atoms with Crippen molar-refractivity contribution in [3.8, 4) is 0 Å². The van der Waals surface area contributed by atoms with E-state index in [2.05, 4.69) is 50.4 Å². The van der Waals surface area contributed by atoms with Gasteiger partial charge in [-0.1, -0.05) is 51.1 Å². The van der Waals surface area contributed by atoms with Crippen molar-refractivity contribution >= 4 is 5.91 Å². The van der Waals surface area contributed by atoms with Crippen LogP contribution >= 0.6 is 0 Å². The van der Waals surface area contributed by atoms with Gasteiger partial charge in [0.15, 0.2) is 0 Å². The van der Waals surface area contributed by atoms with Gasteiger partial charge in [0.25, 0.3) is 0 Å². The summed E-state index contributed by atoms with van der Waals surface area (Å²) in [6.45, 7) is 6.63. The Bertz CT molecular complexity index is 412. The molecule has 1 aromatic rings. The highest BCUT2D eigenvalue weighted by Crippen LogP contribution is 2.42. The molecule has 2 heteroatoms. The number of hydrogen-bond acceptors (Lipinski definition) is 1. The lowest BCUT2D eigenvalue weighted by atomic mass is 9.68.